The summed E-state index contributed by atoms with van der Waals surface area (Å²) in [6.07, 6.45) is -0.918. The molecule has 2 bridgehead atoms. The number of carbonyl (C=O) groups excluding carboxylic acids is 3. The van der Waals surface area contributed by atoms with Crippen molar-refractivity contribution in [1.82, 2.24) is 0 Å². The average Bonchev–Trinajstić information content (AvgIpc) is 3.45. The van der Waals surface area contributed by atoms with Gasteiger partial charge in [-0.2, -0.15) is 8.42 Å². The molecule has 1 N–H and O–H groups in total. The molecule has 6 unspecified atom stereocenters. The minimum Gasteiger partial charge on any atom is -0.458 e. The standard InChI is InChI=1S/C22H13I5O9S/c23-13-12(14(24)16(26)17(27)15(13)25)22(30)36-19-8-5-9-11(21(29)35-18(9)19)10(8)20(28)34-6-1-3-7(4-2-6)37(31,32)33/h1-4,8-11,18-19H,5H2,(H,31,32,33). The Kier molecular flexibility index (Phi) is 8.34. The molecule has 0 aromatic heterocycles. The molecular formula is C22H13I5O9S. The lowest BCUT2D eigenvalue weighted by Crippen LogP contribution is -2.44. The predicted octanol–water partition coefficient (Wildman–Crippen LogP) is 4.89. The van der Waals surface area contributed by atoms with Gasteiger partial charge in [-0.3, -0.25) is 14.1 Å². The number of carbonyl (C=O) groups is 3. The lowest BCUT2D eigenvalue weighted by molar-refractivity contribution is -0.149. The Labute approximate surface area is 279 Å². The first-order valence-electron chi connectivity index (χ1n) is 10.5. The molecule has 2 aromatic rings. The monoisotopic (exact) mass is 1090 g/mol. The van der Waals surface area contributed by atoms with Gasteiger partial charge in [-0.1, -0.05) is 0 Å². The van der Waals surface area contributed by atoms with Gasteiger partial charge in [0.25, 0.3) is 10.1 Å². The third-order valence-electron chi connectivity index (χ3n) is 6.82. The van der Waals surface area contributed by atoms with Crippen molar-refractivity contribution in [3.63, 3.8) is 0 Å². The van der Waals surface area contributed by atoms with Crippen molar-refractivity contribution < 1.29 is 41.6 Å². The number of fused-ring (bicyclic) bond motifs is 1. The molecule has 3 aliphatic rings. The number of ether oxygens (including phenoxy) is 3. The third kappa shape index (κ3) is 5.05. The first-order chi connectivity index (χ1) is 17.3. The smallest absolute Gasteiger partial charge is 0.340 e. The molecule has 37 heavy (non-hydrogen) atoms. The van der Waals surface area contributed by atoms with Crippen molar-refractivity contribution >= 4 is 141 Å². The topological polar surface area (TPSA) is 133 Å². The van der Waals surface area contributed by atoms with E-state index in [1.165, 1.54) is 12.1 Å². The van der Waals surface area contributed by atoms with Gasteiger partial charge in [0.05, 0.1) is 22.3 Å². The van der Waals surface area contributed by atoms with Gasteiger partial charge in [-0.25, -0.2) is 4.79 Å². The fourth-order valence-corrected chi connectivity index (χ4v) is 11.0. The summed E-state index contributed by atoms with van der Waals surface area (Å²) in [6, 6.07) is 4.70. The molecule has 0 spiro atoms. The Morgan fingerprint density at radius 2 is 1.49 bits per heavy atom. The van der Waals surface area contributed by atoms with E-state index in [0.29, 0.717) is 12.0 Å². The summed E-state index contributed by atoms with van der Waals surface area (Å²) in [5.41, 5.74) is 0.442. The second kappa shape index (κ2) is 10.7. The third-order valence-corrected chi connectivity index (χ3v) is 17.2. The lowest BCUT2D eigenvalue weighted by atomic mass is 9.78. The molecule has 2 saturated carbocycles. The van der Waals surface area contributed by atoms with Crippen LogP contribution in [0.4, 0.5) is 0 Å². The lowest BCUT2D eigenvalue weighted by Gasteiger charge is -2.30. The molecular weight excluding hydrogens is 1070 g/mol. The maximum absolute atomic E-state index is 13.4. The number of esters is 3. The molecule has 3 fully saturated rings. The Morgan fingerprint density at radius 3 is 2.05 bits per heavy atom. The molecule has 2 aliphatic carbocycles. The number of halogens is 5. The van der Waals surface area contributed by atoms with Crippen LogP contribution in [0.1, 0.15) is 16.8 Å². The van der Waals surface area contributed by atoms with E-state index in [1.807, 2.05) is 0 Å². The van der Waals surface area contributed by atoms with Gasteiger partial charge in [0.1, 0.15) is 18.0 Å². The van der Waals surface area contributed by atoms with E-state index >= 15 is 0 Å². The van der Waals surface area contributed by atoms with Gasteiger partial charge in [0.2, 0.25) is 0 Å². The average molecular weight is 1090 g/mol. The summed E-state index contributed by atoms with van der Waals surface area (Å²) in [6.45, 7) is 0. The van der Waals surface area contributed by atoms with Crippen LogP contribution in [0.2, 0.25) is 0 Å². The first kappa shape index (κ1) is 28.9. The fourth-order valence-electron chi connectivity index (χ4n) is 5.30. The van der Waals surface area contributed by atoms with Crippen LogP contribution >= 0.6 is 113 Å². The van der Waals surface area contributed by atoms with E-state index in [2.05, 4.69) is 113 Å². The normalized spacial score (nSPS) is 27.8. The van der Waals surface area contributed by atoms with E-state index < -0.39 is 58.0 Å². The van der Waals surface area contributed by atoms with E-state index in [0.717, 1.165) is 30.0 Å². The highest BCUT2D eigenvalue weighted by Gasteiger charge is 2.70. The van der Waals surface area contributed by atoms with Crippen molar-refractivity contribution in [3.05, 3.63) is 47.7 Å². The summed E-state index contributed by atoms with van der Waals surface area (Å²) in [7, 11) is -4.39. The highest BCUT2D eigenvalue weighted by atomic mass is 127. The minimum absolute atomic E-state index is 0.0591. The van der Waals surface area contributed by atoms with Gasteiger partial charge < -0.3 is 14.2 Å². The largest absolute Gasteiger partial charge is 0.458 e. The molecule has 1 heterocycles. The van der Waals surface area contributed by atoms with Crippen molar-refractivity contribution in [2.75, 3.05) is 0 Å². The van der Waals surface area contributed by atoms with Crippen molar-refractivity contribution in [2.24, 2.45) is 23.7 Å². The first-order valence-corrected chi connectivity index (χ1v) is 17.4. The molecule has 0 radical (unpaired) electrons. The Balaban J connectivity index is 1.40. The molecule has 1 saturated heterocycles. The highest BCUT2D eigenvalue weighted by molar-refractivity contribution is 14.1. The Morgan fingerprint density at radius 1 is 0.919 bits per heavy atom. The number of rotatable bonds is 5. The molecule has 0 amide bonds. The highest BCUT2D eigenvalue weighted by Crippen LogP contribution is 2.59. The fraction of sp³-hybridized carbons (Fsp3) is 0.318. The maximum atomic E-state index is 13.4. The summed E-state index contributed by atoms with van der Waals surface area (Å²) in [5, 5.41) is 0. The van der Waals surface area contributed by atoms with E-state index in [-0.39, 0.29) is 16.6 Å². The van der Waals surface area contributed by atoms with E-state index in [9.17, 15) is 22.8 Å². The zero-order chi connectivity index (χ0) is 27.0. The second-order valence-corrected chi connectivity index (χ2v) is 15.5. The van der Waals surface area contributed by atoms with Crippen LogP contribution in [-0.4, -0.2) is 43.1 Å². The number of benzene rings is 2. The quantitative estimate of drug-likeness (QED) is 0.111. The molecule has 9 nitrogen and oxygen atoms in total. The van der Waals surface area contributed by atoms with Gasteiger partial charge in [0, 0.05) is 29.7 Å². The predicted molar refractivity (Wildman–Crippen MR) is 170 cm³/mol. The van der Waals surface area contributed by atoms with Crippen LogP contribution in [0.25, 0.3) is 0 Å². The van der Waals surface area contributed by atoms with Crippen LogP contribution in [-0.2, 0) is 29.2 Å². The van der Waals surface area contributed by atoms with Crippen LogP contribution in [0.3, 0.4) is 0 Å². The summed E-state index contributed by atoms with van der Waals surface area (Å²) in [4.78, 5) is 39.0. The summed E-state index contributed by atoms with van der Waals surface area (Å²) >= 11 is 10.9. The molecule has 15 heteroatoms. The molecule has 5 rings (SSSR count). The van der Waals surface area contributed by atoms with Crippen molar-refractivity contribution in [2.45, 2.75) is 23.5 Å². The van der Waals surface area contributed by atoms with Gasteiger partial charge >= 0.3 is 17.9 Å². The molecule has 1 aliphatic heterocycles. The van der Waals surface area contributed by atoms with Crippen LogP contribution in [0.15, 0.2) is 29.2 Å². The van der Waals surface area contributed by atoms with Crippen molar-refractivity contribution in [3.8, 4) is 5.75 Å². The van der Waals surface area contributed by atoms with Gasteiger partial charge in [-0.05, 0) is 144 Å². The van der Waals surface area contributed by atoms with E-state index in [1.54, 1.807) is 0 Å². The van der Waals surface area contributed by atoms with Crippen LogP contribution < -0.4 is 4.74 Å². The Bertz CT molecular complexity index is 1430. The minimum atomic E-state index is -4.39. The SMILES string of the molecule is O=C(OC1C2CC3C1OC(=O)C3C2C(=O)Oc1ccc(S(=O)(=O)O)cc1)c1c(I)c(I)c(I)c(I)c1I. The zero-order valence-corrected chi connectivity index (χ0v) is 29.6. The second-order valence-electron chi connectivity index (χ2n) is 8.70. The maximum Gasteiger partial charge on any atom is 0.340 e. The van der Waals surface area contributed by atoms with Crippen LogP contribution in [0, 0.1) is 41.5 Å². The summed E-state index contributed by atoms with van der Waals surface area (Å²) in [5.74, 6) is -3.95. The van der Waals surface area contributed by atoms with Crippen molar-refractivity contribution in [1.29, 1.82) is 0 Å². The zero-order valence-electron chi connectivity index (χ0n) is 18.0. The number of hydrogen-bond acceptors (Lipinski definition) is 8. The number of hydrogen-bond donors (Lipinski definition) is 1. The Hall–Kier alpha value is 0.410. The molecule has 2 aromatic carbocycles. The van der Waals surface area contributed by atoms with E-state index in [4.69, 9.17) is 18.8 Å². The molecule has 196 valence electrons. The molecule has 6 atom stereocenters. The van der Waals surface area contributed by atoms with Crippen LogP contribution in [0.5, 0.6) is 5.75 Å². The van der Waals surface area contributed by atoms with Gasteiger partial charge in [-0.15, -0.1) is 0 Å². The van der Waals surface area contributed by atoms with Gasteiger partial charge in [0.15, 0.2) is 0 Å². The summed E-state index contributed by atoms with van der Waals surface area (Å²) < 4.78 is 53.1.